The van der Waals surface area contributed by atoms with Gasteiger partial charge >= 0.3 is 6.03 Å². The fraction of sp³-hybridized carbons (Fsp3) is 0.565. The molecule has 0 radical (unpaired) electrons. The molecule has 0 bridgehead atoms. The number of carbonyl (C=O) groups is 2. The molecule has 4 heterocycles. The number of aromatic amines is 1. The van der Waals surface area contributed by atoms with Crippen molar-refractivity contribution in [3.8, 4) is 0 Å². The topological polar surface area (TPSA) is 97.5 Å². The summed E-state index contributed by atoms with van der Waals surface area (Å²) in [5, 5.41) is 10.1. The van der Waals surface area contributed by atoms with E-state index in [1.165, 1.54) is 6.42 Å². The summed E-state index contributed by atoms with van der Waals surface area (Å²) in [4.78, 5) is 36.4. The van der Waals surface area contributed by atoms with Gasteiger partial charge < -0.3 is 15.1 Å². The molecule has 2 N–H and O–H groups in total. The molecule has 32 heavy (non-hydrogen) atoms. The highest BCUT2D eigenvalue weighted by molar-refractivity contribution is 6.02. The number of amides is 3. The summed E-state index contributed by atoms with van der Waals surface area (Å²) in [6.07, 6.45) is 4.84. The van der Waals surface area contributed by atoms with Crippen LogP contribution in [0, 0.1) is 6.92 Å². The van der Waals surface area contributed by atoms with Crippen molar-refractivity contribution in [3.05, 3.63) is 40.8 Å². The molecule has 0 saturated carbocycles. The summed E-state index contributed by atoms with van der Waals surface area (Å²) in [6, 6.07) is 4.35. The molecule has 9 nitrogen and oxygen atoms in total. The lowest BCUT2D eigenvalue weighted by Gasteiger charge is -2.43. The zero-order valence-electron chi connectivity index (χ0n) is 19.4. The molecule has 2 aromatic rings. The first-order valence-electron chi connectivity index (χ1n) is 11.4. The molecule has 0 spiro atoms. The maximum Gasteiger partial charge on any atom is 0.320 e. The largest absolute Gasteiger partial charge is 0.323 e. The van der Waals surface area contributed by atoms with Crippen LogP contribution in [0.15, 0.2) is 18.3 Å². The molecule has 2 aliphatic rings. The molecule has 2 aliphatic heterocycles. The second-order valence-electron chi connectivity index (χ2n) is 8.96. The Morgan fingerprint density at radius 2 is 2.16 bits per heavy atom. The van der Waals surface area contributed by atoms with E-state index in [2.05, 4.69) is 32.3 Å². The maximum atomic E-state index is 13.3. The monoisotopic (exact) mass is 439 g/mol. The van der Waals surface area contributed by atoms with Crippen LogP contribution < -0.4 is 5.32 Å². The first-order valence-corrected chi connectivity index (χ1v) is 11.4. The maximum absolute atomic E-state index is 13.3. The smallest absolute Gasteiger partial charge is 0.320 e. The first kappa shape index (κ1) is 22.3. The number of nitrogens with zero attached hydrogens (tertiary/aromatic N) is 5. The molecule has 0 aliphatic carbocycles. The zero-order valence-corrected chi connectivity index (χ0v) is 19.4. The molecule has 2 aromatic heterocycles. The van der Waals surface area contributed by atoms with E-state index in [4.69, 9.17) is 0 Å². The van der Waals surface area contributed by atoms with E-state index < -0.39 is 0 Å². The van der Waals surface area contributed by atoms with E-state index in [0.29, 0.717) is 24.1 Å². The quantitative estimate of drug-likeness (QED) is 0.747. The third-order valence-electron chi connectivity index (χ3n) is 6.68. The number of nitrogens with one attached hydrogen (secondary N) is 2. The highest BCUT2D eigenvalue weighted by Crippen LogP contribution is 2.26. The third kappa shape index (κ3) is 4.48. The molecule has 4 rings (SSSR count). The van der Waals surface area contributed by atoms with Crippen molar-refractivity contribution in [2.24, 2.45) is 0 Å². The van der Waals surface area contributed by atoms with E-state index in [-0.39, 0.29) is 18.0 Å². The number of carbonyl (C=O) groups excluding carboxylic acids is 2. The van der Waals surface area contributed by atoms with Crippen LogP contribution in [0.3, 0.4) is 0 Å². The van der Waals surface area contributed by atoms with E-state index in [1.807, 2.05) is 24.8 Å². The Morgan fingerprint density at radius 3 is 2.94 bits per heavy atom. The van der Waals surface area contributed by atoms with Crippen LogP contribution in [-0.2, 0) is 13.0 Å². The van der Waals surface area contributed by atoms with E-state index in [9.17, 15) is 9.59 Å². The van der Waals surface area contributed by atoms with Crippen molar-refractivity contribution < 1.29 is 9.59 Å². The Hall–Kier alpha value is -2.94. The minimum Gasteiger partial charge on any atom is -0.323 e. The second-order valence-corrected chi connectivity index (χ2v) is 8.96. The average molecular weight is 440 g/mol. The lowest BCUT2D eigenvalue weighted by molar-refractivity contribution is 0.0656. The summed E-state index contributed by atoms with van der Waals surface area (Å²) in [7, 11) is 1.81. The second kappa shape index (κ2) is 9.28. The molecule has 172 valence electrons. The van der Waals surface area contributed by atoms with Gasteiger partial charge in [0.15, 0.2) is 5.82 Å². The van der Waals surface area contributed by atoms with Gasteiger partial charge in [-0.3, -0.25) is 19.8 Å². The van der Waals surface area contributed by atoms with Crippen LogP contribution in [0.5, 0.6) is 0 Å². The fourth-order valence-electron chi connectivity index (χ4n) is 4.72. The predicted octanol–water partition coefficient (Wildman–Crippen LogP) is 2.65. The highest BCUT2D eigenvalue weighted by atomic mass is 16.2. The predicted molar refractivity (Wildman–Crippen MR) is 123 cm³/mol. The molecular weight excluding hydrogens is 406 g/mol. The van der Waals surface area contributed by atoms with Gasteiger partial charge in [0.1, 0.15) is 5.69 Å². The van der Waals surface area contributed by atoms with Crippen LogP contribution >= 0.6 is 0 Å². The summed E-state index contributed by atoms with van der Waals surface area (Å²) in [5.74, 6) is 0.123. The van der Waals surface area contributed by atoms with Crippen LogP contribution in [0.2, 0.25) is 0 Å². The Labute approximate surface area is 189 Å². The number of piperazine rings is 1. The minimum absolute atomic E-state index is 0.0132. The molecule has 1 unspecified atom stereocenters. The van der Waals surface area contributed by atoms with Gasteiger partial charge in [-0.25, -0.2) is 4.79 Å². The van der Waals surface area contributed by atoms with Crippen LogP contribution in [0.25, 0.3) is 0 Å². The van der Waals surface area contributed by atoms with Gasteiger partial charge in [-0.1, -0.05) is 6.92 Å². The van der Waals surface area contributed by atoms with E-state index in [1.54, 1.807) is 24.2 Å². The number of hydrogen-bond acceptors (Lipinski definition) is 5. The number of pyridine rings is 1. The number of fused-ring (bicyclic) bond motifs is 1. The van der Waals surface area contributed by atoms with Gasteiger partial charge in [0.2, 0.25) is 0 Å². The van der Waals surface area contributed by atoms with Crippen LogP contribution in [0.4, 0.5) is 10.6 Å². The Morgan fingerprint density at radius 1 is 1.34 bits per heavy atom. The summed E-state index contributed by atoms with van der Waals surface area (Å²) < 4.78 is 0. The molecule has 2 saturated heterocycles. The Bertz CT molecular complexity index is 988. The zero-order chi connectivity index (χ0) is 22.8. The first-order chi connectivity index (χ1) is 15.4. The molecular formula is C23H33N7O2. The van der Waals surface area contributed by atoms with Crippen molar-refractivity contribution >= 4 is 17.8 Å². The molecule has 2 atom stereocenters. The SMILES string of the molecule is CCc1ccnc(C(=O)Nc2n[nH]c(C)c2CN(C)C(=O)N2C[C@@H]3CCCN3CC2C)c1. The van der Waals surface area contributed by atoms with Gasteiger partial charge in [0.25, 0.3) is 5.91 Å². The third-order valence-corrected chi connectivity index (χ3v) is 6.68. The molecule has 2 fully saturated rings. The lowest BCUT2D eigenvalue weighted by Crippen LogP contribution is -2.58. The number of urea groups is 1. The van der Waals surface area contributed by atoms with Crippen molar-refractivity contribution in [2.75, 3.05) is 32.0 Å². The average Bonchev–Trinajstić information content (AvgIpc) is 3.39. The number of aryl methyl sites for hydroxylation is 2. The Kier molecular flexibility index (Phi) is 6.45. The molecule has 9 heteroatoms. The number of rotatable bonds is 5. The van der Waals surface area contributed by atoms with Crippen molar-refractivity contribution in [1.29, 1.82) is 0 Å². The van der Waals surface area contributed by atoms with Crippen molar-refractivity contribution in [3.63, 3.8) is 0 Å². The van der Waals surface area contributed by atoms with Crippen molar-refractivity contribution in [1.82, 2.24) is 29.9 Å². The van der Waals surface area contributed by atoms with E-state index >= 15 is 0 Å². The standard InChI is InChI=1S/C23H33N7O2/c1-5-17-8-9-24-20(11-17)22(31)25-21-19(16(3)26-27-21)14-28(4)23(32)30-13-18-7-6-10-29(18)12-15(30)2/h8-9,11,15,18H,5-7,10,12-14H2,1-4H3,(H2,25,26,27,31)/t15?,18-/m0/s1. The van der Waals surface area contributed by atoms with Crippen molar-refractivity contribution in [2.45, 2.75) is 58.7 Å². The fourth-order valence-corrected chi connectivity index (χ4v) is 4.72. The normalized spacial score (nSPS) is 20.8. The number of anilines is 1. The van der Waals surface area contributed by atoms with Crippen LogP contribution in [0.1, 0.15) is 54.0 Å². The summed E-state index contributed by atoms with van der Waals surface area (Å²) >= 11 is 0. The van der Waals surface area contributed by atoms with Crippen LogP contribution in [-0.4, -0.2) is 80.6 Å². The minimum atomic E-state index is -0.312. The van der Waals surface area contributed by atoms with Gasteiger partial charge in [0.05, 0.1) is 6.54 Å². The highest BCUT2D eigenvalue weighted by Gasteiger charge is 2.37. The number of H-pyrrole nitrogens is 1. The lowest BCUT2D eigenvalue weighted by atomic mass is 10.1. The van der Waals surface area contributed by atoms with Gasteiger partial charge in [-0.2, -0.15) is 5.10 Å². The number of hydrogen-bond donors (Lipinski definition) is 2. The summed E-state index contributed by atoms with van der Waals surface area (Å²) in [6.45, 7) is 9.25. The van der Waals surface area contributed by atoms with Gasteiger partial charge in [-0.05, 0) is 57.4 Å². The van der Waals surface area contributed by atoms with Gasteiger partial charge in [0, 0.05) is 49.7 Å². The molecule has 0 aromatic carbocycles. The van der Waals surface area contributed by atoms with E-state index in [0.717, 1.165) is 49.3 Å². The molecule has 3 amide bonds. The van der Waals surface area contributed by atoms with Gasteiger partial charge in [-0.15, -0.1) is 0 Å². The summed E-state index contributed by atoms with van der Waals surface area (Å²) in [5.41, 5.74) is 3.02. The Balaban J connectivity index is 1.44. The number of aromatic nitrogens is 3.